The van der Waals surface area contributed by atoms with E-state index in [1.54, 1.807) is 18.2 Å². The first-order chi connectivity index (χ1) is 14.8. The Labute approximate surface area is 182 Å². The van der Waals surface area contributed by atoms with Crippen molar-refractivity contribution >= 4 is 16.6 Å². The highest BCUT2D eigenvalue weighted by atomic mass is 16.3. The van der Waals surface area contributed by atoms with E-state index < -0.39 is 5.60 Å². The first-order valence-electron chi connectivity index (χ1n) is 10.6. The zero-order chi connectivity index (χ0) is 22.0. The molecule has 2 heterocycles. The van der Waals surface area contributed by atoms with Crippen LogP contribution in [0.1, 0.15) is 32.3 Å². The maximum Gasteiger partial charge on any atom is 0.156 e. The van der Waals surface area contributed by atoms with Crippen molar-refractivity contribution in [1.82, 2.24) is 15.1 Å². The highest BCUT2D eigenvalue weighted by Gasteiger charge is 2.25. The normalized spacial score (nSPS) is 17.4. The molecule has 0 unspecified atom stereocenters. The maximum absolute atomic E-state index is 10.5. The average molecular weight is 417 g/mol. The van der Waals surface area contributed by atoms with Crippen molar-refractivity contribution in [2.24, 2.45) is 0 Å². The van der Waals surface area contributed by atoms with Crippen molar-refractivity contribution in [3.63, 3.8) is 0 Å². The van der Waals surface area contributed by atoms with Crippen LogP contribution in [0.3, 0.4) is 0 Å². The lowest BCUT2D eigenvalue weighted by Crippen LogP contribution is -2.47. The van der Waals surface area contributed by atoms with E-state index in [0.717, 1.165) is 42.5 Å². The molecule has 2 aromatic carbocycles. The van der Waals surface area contributed by atoms with Crippen LogP contribution < -0.4 is 5.32 Å². The Morgan fingerprint density at radius 2 is 1.97 bits per heavy atom. The standard InChI is InChI=1S/C25H28N4O2/c1-4-17-11-12-21(22(30)14-17)23-19-9-5-6-10-20(19)24(28-27-23)26-18-8-7-13-29(15-18)16-25(2,3)31/h1,5-6,9-12,14,18,30-31H,7-8,13,15-16H2,2-3H3,(H,26,28)/t18-/m1/s1. The molecule has 4 rings (SSSR count). The third-order valence-corrected chi connectivity index (χ3v) is 5.56. The molecule has 6 heteroatoms. The zero-order valence-electron chi connectivity index (χ0n) is 18.0. The van der Waals surface area contributed by atoms with Gasteiger partial charge in [0.25, 0.3) is 0 Å². The second kappa shape index (κ2) is 8.54. The molecule has 3 aromatic rings. The van der Waals surface area contributed by atoms with Crippen molar-refractivity contribution in [2.75, 3.05) is 25.0 Å². The predicted molar refractivity (Wildman–Crippen MR) is 124 cm³/mol. The average Bonchev–Trinajstić information content (AvgIpc) is 2.73. The number of hydrogen-bond donors (Lipinski definition) is 3. The number of nitrogens with zero attached hydrogens (tertiary/aromatic N) is 3. The van der Waals surface area contributed by atoms with Gasteiger partial charge >= 0.3 is 0 Å². The molecule has 1 fully saturated rings. The number of aromatic hydroxyl groups is 1. The topological polar surface area (TPSA) is 81.5 Å². The smallest absolute Gasteiger partial charge is 0.156 e. The van der Waals surface area contributed by atoms with Gasteiger partial charge in [0.1, 0.15) is 11.4 Å². The minimum Gasteiger partial charge on any atom is -0.507 e. The Kier molecular flexibility index (Phi) is 5.81. The van der Waals surface area contributed by atoms with Crippen molar-refractivity contribution < 1.29 is 10.2 Å². The Hall–Kier alpha value is -3.14. The summed E-state index contributed by atoms with van der Waals surface area (Å²) in [7, 11) is 0. The number of terminal acetylenes is 1. The monoisotopic (exact) mass is 416 g/mol. The number of anilines is 1. The second-order valence-electron chi connectivity index (χ2n) is 8.85. The molecule has 0 spiro atoms. The van der Waals surface area contributed by atoms with E-state index in [-0.39, 0.29) is 11.8 Å². The summed E-state index contributed by atoms with van der Waals surface area (Å²) in [4.78, 5) is 2.29. The fourth-order valence-corrected chi connectivity index (χ4v) is 4.29. The Bertz CT molecular complexity index is 1130. The summed E-state index contributed by atoms with van der Waals surface area (Å²) in [5.41, 5.74) is 1.12. The third-order valence-electron chi connectivity index (χ3n) is 5.56. The van der Waals surface area contributed by atoms with Crippen LogP contribution >= 0.6 is 0 Å². The summed E-state index contributed by atoms with van der Waals surface area (Å²) < 4.78 is 0. The van der Waals surface area contributed by atoms with Gasteiger partial charge in [-0.1, -0.05) is 30.2 Å². The fourth-order valence-electron chi connectivity index (χ4n) is 4.29. The van der Waals surface area contributed by atoms with E-state index in [2.05, 4.69) is 26.3 Å². The van der Waals surface area contributed by atoms with Gasteiger partial charge in [0.15, 0.2) is 5.82 Å². The van der Waals surface area contributed by atoms with Gasteiger partial charge in [-0.25, -0.2) is 0 Å². The minimum atomic E-state index is -0.715. The molecule has 31 heavy (non-hydrogen) atoms. The van der Waals surface area contributed by atoms with Gasteiger partial charge in [0.2, 0.25) is 0 Å². The SMILES string of the molecule is C#Cc1ccc(-c2nnc(N[C@@H]3CCCN(CC(C)(C)O)C3)c3ccccc23)c(O)c1. The molecule has 1 aliphatic rings. The Morgan fingerprint density at radius 3 is 2.68 bits per heavy atom. The van der Waals surface area contributed by atoms with E-state index in [1.807, 2.05) is 38.1 Å². The Balaban J connectivity index is 1.64. The molecule has 1 atom stereocenters. The molecule has 0 aliphatic carbocycles. The molecule has 0 radical (unpaired) electrons. The largest absolute Gasteiger partial charge is 0.507 e. The van der Waals surface area contributed by atoms with Gasteiger partial charge in [-0.15, -0.1) is 16.6 Å². The second-order valence-corrected chi connectivity index (χ2v) is 8.85. The van der Waals surface area contributed by atoms with Crippen LogP contribution in [0.4, 0.5) is 5.82 Å². The van der Waals surface area contributed by atoms with Gasteiger partial charge in [-0.2, -0.15) is 0 Å². The lowest BCUT2D eigenvalue weighted by atomic mass is 10.0. The number of nitrogens with one attached hydrogen (secondary N) is 1. The summed E-state index contributed by atoms with van der Waals surface area (Å²) in [6.45, 7) is 6.15. The van der Waals surface area contributed by atoms with Crippen LogP contribution in [0.25, 0.3) is 22.0 Å². The van der Waals surface area contributed by atoms with Crippen LogP contribution in [-0.4, -0.2) is 56.6 Å². The maximum atomic E-state index is 10.5. The van der Waals surface area contributed by atoms with Gasteiger partial charge < -0.3 is 15.5 Å². The van der Waals surface area contributed by atoms with Crippen LogP contribution in [0.15, 0.2) is 42.5 Å². The zero-order valence-corrected chi connectivity index (χ0v) is 18.0. The van der Waals surface area contributed by atoms with Crippen LogP contribution in [-0.2, 0) is 0 Å². The number of hydrogen-bond acceptors (Lipinski definition) is 6. The molecular weight excluding hydrogens is 388 g/mol. The van der Waals surface area contributed by atoms with Crippen LogP contribution in [0.5, 0.6) is 5.75 Å². The number of phenols is 1. The van der Waals surface area contributed by atoms with E-state index in [9.17, 15) is 10.2 Å². The van der Waals surface area contributed by atoms with Crippen molar-refractivity contribution in [2.45, 2.75) is 38.3 Å². The predicted octanol–water partition coefficient (Wildman–Crippen LogP) is 3.63. The highest BCUT2D eigenvalue weighted by Crippen LogP contribution is 2.35. The van der Waals surface area contributed by atoms with Gasteiger partial charge in [0, 0.05) is 41.0 Å². The Morgan fingerprint density at radius 1 is 1.19 bits per heavy atom. The first kappa shape index (κ1) is 21.1. The van der Waals surface area contributed by atoms with E-state index >= 15 is 0 Å². The summed E-state index contributed by atoms with van der Waals surface area (Å²) in [5, 5.41) is 35.0. The molecule has 6 nitrogen and oxygen atoms in total. The molecule has 0 amide bonds. The quantitative estimate of drug-likeness (QED) is 0.551. The van der Waals surface area contributed by atoms with Crippen LogP contribution in [0.2, 0.25) is 0 Å². The number of rotatable bonds is 5. The molecule has 3 N–H and O–H groups in total. The first-order valence-corrected chi connectivity index (χ1v) is 10.6. The molecule has 1 saturated heterocycles. The molecule has 0 saturated carbocycles. The number of β-amino-alcohol motifs (C(OH)–C–C–N with tert-alkyl or cyclic N) is 1. The van der Waals surface area contributed by atoms with Crippen molar-refractivity contribution in [3.05, 3.63) is 48.0 Å². The number of phenolic OH excluding ortho intramolecular Hbond substituents is 1. The summed E-state index contributed by atoms with van der Waals surface area (Å²) in [6.07, 6.45) is 7.53. The number of aliphatic hydroxyl groups is 1. The van der Waals surface area contributed by atoms with Crippen molar-refractivity contribution in [3.8, 4) is 29.4 Å². The third kappa shape index (κ3) is 4.79. The number of fused-ring (bicyclic) bond motifs is 1. The summed E-state index contributed by atoms with van der Waals surface area (Å²) >= 11 is 0. The van der Waals surface area contributed by atoms with E-state index in [4.69, 9.17) is 6.42 Å². The lowest BCUT2D eigenvalue weighted by molar-refractivity contribution is 0.0286. The van der Waals surface area contributed by atoms with E-state index in [1.165, 1.54) is 0 Å². The van der Waals surface area contributed by atoms with Gasteiger partial charge in [0.05, 0.1) is 5.60 Å². The number of benzene rings is 2. The van der Waals surface area contributed by atoms with E-state index in [0.29, 0.717) is 23.4 Å². The minimum absolute atomic E-state index is 0.0881. The molecule has 160 valence electrons. The molecule has 1 aromatic heterocycles. The van der Waals surface area contributed by atoms with Gasteiger partial charge in [-0.3, -0.25) is 4.90 Å². The highest BCUT2D eigenvalue weighted by molar-refractivity contribution is 6.00. The fraction of sp³-hybridized carbons (Fsp3) is 0.360. The number of aromatic nitrogens is 2. The van der Waals surface area contributed by atoms with Crippen LogP contribution in [0, 0.1) is 12.3 Å². The molecule has 0 bridgehead atoms. The molecule has 1 aliphatic heterocycles. The number of piperidine rings is 1. The molecular formula is C25H28N4O2. The van der Waals surface area contributed by atoms with Gasteiger partial charge in [-0.05, 0) is 51.4 Å². The van der Waals surface area contributed by atoms with Crippen molar-refractivity contribution in [1.29, 1.82) is 0 Å². The summed E-state index contributed by atoms with van der Waals surface area (Å²) in [6, 6.07) is 13.3. The number of likely N-dealkylation sites (tertiary alicyclic amines) is 1. The summed E-state index contributed by atoms with van der Waals surface area (Å²) in [5.74, 6) is 3.35. The lowest BCUT2D eigenvalue weighted by Gasteiger charge is -2.36.